The molecule has 5 heterocycles. The number of aliphatic hydroxyl groups excluding tert-OH is 1. The highest BCUT2D eigenvalue weighted by Gasteiger charge is 2.41. The van der Waals surface area contributed by atoms with Gasteiger partial charge in [0, 0.05) is 79.2 Å². The number of nitro groups is 1. The summed E-state index contributed by atoms with van der Waals surface area (Å²) in [6.45, 7) is 7.64. The lowest BCUT2D eigenvalue weighted by Crippen LogP contribution is -2.52. The Bertz CT molecular complexity index is 2530. The van der Waals surface area contributed by atoms with Crippen molar-refractivity contribution < 1.29 is 24.0 Å². The van der Waals surface area contributed by atoms with Crippen LogP contribution < -0.4 is 5.32 Å². The van der Waals surface area contributed by atoms with Crippen LogP contribution in [0.25, 0.3) is 44.3 Å². The first-order valence-electron chi connectivity index (χ1n) is 19.3. The van der Waals surface area contributed by atoms with Gasteiger partial charge in [0.05, 0.1) is 24.1 Å². The van der Waals surface area contributed by atoms with Crippen molar-refractivity contribution in [3.8, 4) is 22.5 Å². The average molecular weight is 753 g/mol. The summed E-state index contributed by atoms with van der Waals surface area (Å²) in [6.07, 6.45) is 6.85. The number of esters is 1. The number of carbonyl (C=O) groups excluding carboxylic acids is 1. The number of nitrogens with zero attached hydrogens (tertiary/aromatic N) is 5. The Balaban J connectivity index is 1.03. The molecule has 3 aromatic heterocycles. The van der Waals surface area contributed by atoms with Gasteiger partial charge in [0.1, 0.15) is 11.3 Å². The van der Waals surface area contributed by atoms with E-state index in [9.17, 15) is 20.0 Å². The fraction of sp³-hybridized carbons (Fsp3) is 0.341. The molecule has 0 bridgehead atoms. The molecule has 2 saturated heterocycles. The Labute approximate surface area is 324 Å². The Morgan fingerprint density at radius 3 is 2.57 bits per heavy atom. The van der Waals surface area contributed by atoms with Crippen molar-refractivity contribution in [3.05, 3.63) is 111 Å². The summed E-state index contributed by atoms with van der Waals surface area (Å²) in [7, 11) is 1.41. The summed E-state index contributed by atoms with van der Waals surface area (Å²) >= 11 is 0. The van der Waals surface area contributed by atoms with Gasteiger partial charge in [-0.15, -0.1) is 0 Å². The molecule has 2 N–H and O–H groups in total. The number of aromatic nitrogens is 2. The highest BCUT2D eigenvalue weighted by Crippen LogP contribution is 2.46. The molecular formula is C44H44N6O6. The number of nitro benzene ring substituents is 1. The van der Waals surface area contributed by atoms with Crippen molar-refractivity contribution >= 4 is 45.0 Å². The molecule has 6 aromatic rings. The van der Waals surface area contributed by atoms with Crippen LogP contribution in [0.2, 0.25) is 0 Å². The number of likely N-dealkylation sites (tertiary alicyclic amines) is 2. The number of methoxy groups -OCH3 is 1. The number of aryl methyl sites for hydroxylation is 1. The molecule has 0 amide bonds. The quantitative estimate of drug-likeness (QED) is 0.0841. The average Bonchev–Trinajstić information content (AvgIpc) is 3.81. The SMILES string of the molecule is COC(=O)C1CN(C2CCCc3c2cc([N+](=O)[O-])c2oc(-c4cccc(-c5cccc(Nc6nccc7cc(CN8CC[C@@H](O)C8)cnc67)c5C)c4C)cc32)C1. The largest absolute Gasteiger partial charge is 0.469 e. The number of hydrogen-bond acceptors (Lipinski definition) is 11. The van der Waals surface area contributed by atoms with Crippen LogP contribution >= 0.6 is 0 Å². The van der Waals surface area contributed by atoms with E-state index in [2.05, 4.69) is 52.1 Å². The second-order valence-electron chi connectivity index (χ2n) is 15.5. The number of rotatable bonds is 9. The molecule has 0 spiro atoms. The summed E-state index contributed by atoms with van der Waals surface area (Å²) < 4.78 is 11.4. The van der Waals surface area contributed by atoms with Gasteiger partial charge < -0.3 is 19.6 Å². The van der Waals surface area contributed by atoms with E-state index in [0.717, 1.165) is 105 Å². The van der Waals surface area contributed by atoms with Crippen molar-refractivity contribution in [1.29, 1.82) is 0 Å². The van der Waals surface area contributed by atoms with Crippen LogP contribution in [-0.4, -0.2) is 75.2 Å². The van der Waals surface area contributed by atoms with Crippen molar-refractivity contribution in [2.24, 2.45) is 5.92 Å². The van der Waals surface area contributed by atoms with Gasteiger partial charge >= 0.3 is 11.7 Å². The lowest BCUT2D eigenvalue weighted by molar-refractivity contribution is -0.383. The molecule has 12 heteroatoms. The number of anilines is 2. The first-order valence-corrected chi connectivity index (χ1v) is 19.3. The third-order valence-corrected chi connectivity index (χ3v) is 12.1. The predicted molar refractivity (Wildman–Crippen MR) is 215 cm³/mol. The van der Waals surface area contributed by atoms with Crippen LogP contribution in [0.4, 0.5) is 17.2 Å². The van der Waals surface area contributed by atoms with Crippen LogP contribution in [0.5, 0.6) is 0 Å². The normalized spacial score (nSPS) is 18.9. The van der Waals surface area contributed by atoms with E-state index < -0.39 is 0 Å². The fourth-order valence-electron chi connectivity index (χ4n) is 9.08. The molecule has 2 atom stereocenters. The molecule has 286 valence electrons. The summed E-state index contributed by atoms with van der Waals surface area (Å²) in [6, 6.07) is 20.1. The van der Waals surface area contributed by atoms with Gasteiger partial charge in [-0.1, -0.05) is 30.3 Å². The number of carbonyl (C=O) groups is 1. The van der Waals surface area contributed by atoms with Gasteiger partial charge in [-0.05, 0) is 103 Å². The Morgan fingerprint density at radius 2 is 1.80 bits per heavy atom. The number of pyridine rings is 2. The van der Waals surface area contributed by atoms with E-state index in [1.807, 2.05) is 42.6 Å². The van der Waals surface area contributed by atoms with Gasteiger partial charge in [-0.2, -0.15) is 0 Å². The highest BCUT2D eigenvalue weighted by atomic mass is 16.6. The number of β-amino-alcohol motifs (C(OH)–C–C–N with tert-alkyl or cyclic N) is 1. The molecule has 1 unspecified atom stereocenters. The first kappa shape index (κ1) is 36.0. The van der Waals surface area contributed by atoms with Crippen molar-refractivity contribution in [2.45, 2.75) is 58.2 Å². The summed E-state index contributed by atoms with van der Waals surface area (Å²) in [5, 5.41) is 27.8. The van der Waals surface area contributed by atoms with Gasteiger partial charge in [0.2, 0.25) is 5.58 Å². The Morgan fingerprint density at radius 1 is 1.02 bits per heavy atom. The molecule has 1 aliphatic carbocycles. The molecular weight excluding hydrogens is 709 g/mol. The molecule has 2 aliphatic heterocycles. The van der Waals surface area contributed by atoms with Crippen LogP contribution in [0.3, 0.4) is 0 Å². The maximum absolute atomic E-state index is 12.5. The van der Waals surface area contributed by atoms with Crippen molar-refractivity contribution in [2.75, 3.05) is 38.6 Å². The number of furan rings is 1. The second kappa shape index (κ2) is 14.4. The minimum Gasteiger partial charge on any atom is -0.469 e. The van der Waals surface area contributed by atoms with Crippen LogP contribution in [0.15, 0.2) is 77.5 Å². The van der Waals surface area contributed by atoms with E-state index in [1.54, 1.807) is 12.3 Å². The van der Waals surface area contributed by atoms with Crippen molar-refractivity contribution in [3.63, 3.8) is 0 Å². The zero-order valence-corrected chi connectivity index (χ0v) is 31.7. The van der Waals surface area contributed by atoms with Gasteiger partial charge in [-0.25, -0.2) is 4.98 Å². The van der Waals surface area contributed by atoms with E-state index in [-0.39, 0.29) is 34.6 Å². The van der Waals surface area contributed by atoms with E-state index >= 15 is 0 Å². The molecule has 3 aromatic carbocycles. The molecule has 0 radical (unpaired) electrons. The maximum atomic E-state index is 12.5. The minimum atomic E-state index is -0.347. The number of aliphatic hydroxyl groups is 1. The number of nitrogens with one attached hydrogen (secondary N) is 1. The predicted octanol–water partition coefficient (Wildman–Crippen LogP) is 8.03. The Kier molecular flexibility index (Phi) is 9.27. The Hall–Kier alpha value is -5.69. The van der Waals surface area contributed by atoms with Crippen molar-refractivity contribution in [1.82, 2.24) is 19.8 Å². The lowest BCUT2D eigenvalue weighted by atomic mass is 9.82. The van der Waals surface area contributed by atoms with Gasteiger partial charge in [0.15, 0.2) is 5.82 Å². The number of benzene rings is 3. The molecule has 0 saturated carbocycles. The van der Waals surface area contributed by atoms with E-state index in [0.29, 0.717) is 36.8 Å². The van der Waals surface area contributed by atoms with E-state index in [4.69, 9.17) is 14.1 Å². The smallest absolute Gasteiger partial charge is 0.312 e. The number of ether oxygens (including phenoxy) is 1. The molecule has 56 heavy (non-hydrogen) atoms. The third-order valence-electron chi connectivity index (χ3n) is 12.1. The summed E-state index contributed by atoms with van der Waals surface area (Å²) in [5.41, 5.74) is 10.1. The van der Waals surface area contributed by atoms with Crippen LogP contribution in [0.1, 0.15) is 53.1 Å². The topological polar surface area (TPSA) is 147 Å². The summed E-state index contributed by atoms with van der Waals surface area (Å²) in [5.74, 6) is 0.884. The third kappa shape index (κ3) is 6.37. The molecule has 3 aliphatic rings. The van der Waals surface area contributed by atoms with Gasteiger partial charge in [-0.3, -0.25) is 29.7 Å². The monoisotopic (exact) mass is 752 g/mol. The van der Waals surface area contributed by atoms with E-state index in [1.165, 1.54) is 7.11 Å². The fourth-order valence-corrected chi connectivity index (χ4v) is 9.08. The lowest BCUT2D eigenvalue weighted by Gasteiger charge is -2.45. The standard InChI is InChI=1S/C44H44N6O6/c1-25-31(32-8-5-11-37(26(32)2)47-43-41-28(13-15-45-43)17-27(20-46-41)21-48-16-14-30(51)24-48)7-4-9-33(25)40-19-36-34-10-6-12-38(49-22-29(23-49)44(52)55-3)35(34)18-39(50(53)54)42(36)56-40/h4-5,7-9,11,13,15,17-20,29-30,38,51H,6,10,12,14,16,21-24H2,1-3H3,(H,45,47)/t30-,38?/m1/s1. The maximum Gasteiger partial charge on any atom is 0.312 e. The first-order chi connectivity index (χ1) is 27.2. The van der Waals surface area contributed by atoms with Crippen LogP contribution in [0, 0.1) is 29.9 Å². The second-order valence-corrected chi connectivity index (χ2v) is 15.5. The number of fused-ring (bicyclic) bond motifs is 4. The van der Waals surface area contributed by atoms with Crippen LogP contribution in [-0.2, 0) is 22.5 Å². The molecule has 9 rings (SSSR count). The minimum absolute atomic E-state index is 0.00276. The number of non-ortho nitro benzene ring substituents is 1. The highest BCUT2D eigenvalue weighted by molar-refractivity contribution is 5.95. The summed E-state index contributed by atoms with van der Waals surface area (Å²) in [4.78, 5) is 38.2. The number of hydrogen-bond donors (Lipinski definition) is 2. The zero-order valence-electron chi connectivity index (χ0n) is 31.7. The zero-order chi connectivity index (χ0) is 38.7. The molecule has 2 fully saturated rings. The molecule has 12 nitrogen and oxygen atoms in total. The van der Waals surface area contributed by atoms with Gasteiger partial charge in [0.25, 0.3) is 0 Å².